The second kappa shape index (κ2) is 7.65. The molecule has 136 valence electrons. The molecule has 1 amide bonds. The lowest BCUT2D eigenvalue weighted by Crippen LogP contribution is -2.33. The van der Waals surface area contributed by atoms with Gasteiger partial charge in [0, 0.05) is 6.54 Å². The van der Waals surface area contributed by atoms with E-state index in [4.69, 9.17) is 4.74 Å². The highest BCUT2D eigenvalue weighted by Gasteiger charge is 2.15. The van der Waals surface area contributed by atoms with Crippen LogP contribution in [0.1, 0.15) is 23.2 Å². The van der Waals surface area contributed by atoms with E-state index in [0.29, 0.717) is 17.8 Å². The number of benzene rings is 1. The molecule has 0 aliphatic heterocycles. The highest BCUT2D eigenvalue weighted by atomic mass is 32.1. The number of nitrogens with one attached hydrogen (secondary N) is 1. The van der Waals surface area contributed by atoms with Gasteiger partial charge in [-0.15, -0.1) is 11.3 Å². The number of hydrogen-bond donors (Lipinski definition) is 1. The number of aromatic nitrogens is 3. The summed E-state index contributed by atoms with van der Waals surface area (Å²) in [6.45, 7) is 4.02. The summed E-state index contributed by atoms with van der Waals surface area (Å²) in [5, 5.41) is 7.95. The fourth-order valence-electron chi connectivity index (χ4n) is 2.58. The standard InChI is InChI=1S/C18H20N4O3S/c1-4-15-20-16-17(26-15)11(2)21-22(18(16)24)10-14(23)19-9-12-6-5-7-13(8-12)25-3/h5-8H,4,9-10H2,1-3H3,(H,19,23). The number of thiazole rings is 1. The van der Waals surface area contributed by atoms with Crippen LogP contribution in [0.3, 0.4) is 0 Å². The van der Waals surface area contributed by atoms with Gasteiger partial charge in [-0.05, 0) is 31.0 Å². The zero-order valence-electron chi connectivity index (χ0n) is 14.9. The number of rotatable bonds is 6. The van der Waals surface area contributed by atoms with Crippen LogP contribution in [0.2, 0.25) is 0 Å². The molecule has 3 rings (SSSR count). The molecule has 0 atom stereocenters. The summed E-state index contributed by atoms with van der Waals surface area (Å²) >= 11 is 1.48. The number of aryl methyl sites for hydroxylation is 2. The van der Waals surface area contributed by atoms with Crippen LogP contribution in [0, 0.1) is 6.92 Å². The molecule has 0 aliphatic carbocycles. The first-order valence-corrected chi connectivity index (χ1v) is 9.10. The molecule has 26 heavy (non-hydrogen) atoms. The number of hydrogen-bond acceptors (Lipinski definition) is 6. The van der Waals surface area contributed by atoms with Crippen LogP contribution in [-0.4, -0.2) is 27.8 Å². The van der Waals surface area contributed by atoms with Gasteiger partial charge in [0.15, 0.2) is 5.52 Å². The minimum atomic E-state index is -0.335. The molecule has 0 aliphatic rings. The molecule has 0 bridgehead atoms. The molecule has 7 nitrogen and oxygen atoms in total. The van der Waals surface area contributed by atoms with E-state index in [-0.39, 0.29) is 18.0 Å². The van der Waals surface area contributed by atoms with Crippen molar-refractivity contribution in [2.45, 2.75) is 33.4 Å². The van der Waals surface area contributed by atoms with Crippen LogP contribution in [0.15, 0.2) is 29.1 Å². The quantitative estimate of drug-likeness (QED) is 0.716. The molecule has 2 aromatic heterocycles. The van der Waals surface area contributed by atoms with Crippen molar-refractivity contribution in [2.75, 3.05) is 7.11 Å². The lowest BCUT2D eigenvalue weighted by atomic mass is 10.2. The van der Waals surface area contributed by atoms with Crippen molar-refractivity contribution in [3.8, 4) is 5.75 Å². The first-order valence-electron chi connectivity index (χ1n) is 8.28. The number of carbonyl (C=O) groups is 1. The zero-order valence-corrected chi connectivity index (χ0v) is 15.7. The van der Waals surface area contributed by atoms with E-state index in [1.54, 1.807) is 7.11 Å². The maximum atomic E-state index is 12.6. The van der Waals surface area contributed by atoms with Crippen molar-refractivity contribution < 1.29 is 9.53 Å². The first kappa shape index (κ1) is 18.1. The Balaban J connectivity index is 1.74. The van der Waals surface area contributed by atoms with Crippen LogP contribution in [0.5, 0.6) is 5.75 Å². The van der Waals surface area contributed by atoms with E-state index in [1.165, 1.54) is 16.0 Å². The molecule has 8 heteroatoms. The summed E-state index contributed by atoms with van der Waals surface area (Å²) in [7, 11) is 1.59. The molecular formula is C18H20N4O3S. The van der Waals surface area contributed by atoms with E-state index in [0.717, 1.165) is 27.4 Å². The second-order valence-electron chi connectivity index (χ2n) is 5.82. The summed E-state index contributed by atoms with van der Waals surface area (Å²) < 4.78 is 7.13. The Kier molecular flexibility index (Phi) is 5.32. The van der Waals surface area contributed by atoms with E-state index < -0.39 is 0 Å². The molecular weight excluding hydrogens is 352 g/mol. The van der Waals surface area contributed by atoms with Crippen molar-refractivity contribution in [3.05, 3.63) is 50.9 Å². The molecule has 3 aromatic rings. The Labute approximate surface area is 154 Å². The molecule has 0 saturated carbocycles. The predicted molar refractivity (Wildman–Crippen MR) is 101 cm³/mol. The third-order valence-corrected chi connectivity index (χ3v) is 5.24. The smallest absolute Gasteiger partial charge is 0.294 e. The highest BCUT2D eigenvalue weighted by molar-refractivity contribution is 7.18. The number of ether oxygens (including phenoxy) is 1. The Morgan fingerprint density at radius 2 is 2.19 bits per heavy atom. The average Bonchev–Trinajstić information content (AvgIpc) is 3.10. The fourth-order valence-corrected chi connectivity index (χ4v) is 3.52. The SMILES string of the molecule is CCc1nc2c(=O)n(CC(=O)NCc3cccc(OC)c3)nc(C)c2s1. The minimum Gasteiger partial charge on any atom is -0.497 e. The van der Waals surface area contributed by atoms with E-state index in [2.05, 4.69) is 15.4 Å². The van der Waals surface area contributed by atoms with Crippen molar-refractivity contribution in [1.82, 2.24) is 20.1 Å². The molecule has 1 N–H and O–H groups in total. The van der Waals surface area contributed by atoms with Crippen molar-refractivity contribution in [2.24, 2.45) is 0 Å². The van der Waals surface area contributed by atoms with Gasteiger partial charge in [-0.25, -0.2) is 9.67 Å². The molecule has 1 aromatic carbocycles. The van der Waals surface area contributed by atoms with Gasteiger partial charge in [0.25, 0.3) is 5.56 Å². The van der Waals surface area contributed by atoms with Crippen LogP contribution >= 0.6 is 11.3 Å². The summed E-state index contributed by atoms with van der Waals surface area (Å²) in [4.78, 5) is 29.2. The summed E-state index contributed by atoms with van der Waals surface area (Å²) in [6, 6.07) is 7.44. The molecule has 2 heterocycles. The highest BCUT2D eigenvalue weighted by Crippen LogP contribution is 2.21. The van der Waals surface area contributed by atoms with Gasteiger partial charge >= 0.3 is 0 Å². The van der Waals surface area contributed by atoms with Gasteiger partial charge in [0.05, 0.1) is 22.5 Å². The number of amides is 1. The Hall–Kier alpha value is -2.74. The van der Waals surface area contributed by atoms with E-state index in [1.807, 2.05) is 38.1 Å². The van der Waals surface area contributed by atoms with Crippen molar-refractivity contribution >= 4 is 27.5 Å². The Morgan fingerprint density at radius 3 is 2.92 bits per heavy atom. The minimum absolute atomic E-state index is 0.140. The molecule has 0 saturated heterocycles. The average molecular weight is 372 g/mol. The Bertz CT molecular complexity index is 1010. The van der Waals surface area contributed by atoms with Crippen LogP contribution in [-0.2, 0) is 24.3 Å². The van der Waals surface area contributed by atoms with Crippen LogP contribution in [0.4, 0.5) is 0 Å². The third kappa shape index (κ3) is 3.75. The lowest BCUT2D eigenvalue weighted by Gasteiger charge is -2.08. The van der Waals surface area contributed by atoms with Crippen molar-refractivity contribution in [1.29, 1.82) is 0 Å². The molecule has 0 fully saturated rings. The van der Waals surface area contributed by atoms with E-state index >= 15 is 0 Å². The third-order valence-electron chi connectivity index (χ3n) is 3.93. The van der Waals surface area contributed by atoms with Crippen LogP contribution < -0.4 is 15.6 Å². The van der Waals surface area contributed by atoms with Gasteiger partial charge in [0.2, 0.25) is 5.91 Å². The predicted octanol–water partition coefficient (Wildman–Crippen LogP) is 2.05. The monoisotopic (exact) mass is 372 g/mol. The van der Waals surface area contributed by atoms with Gasteiger partial charge in [-0.2, -0.15) is 5.10 Å². The van der Waals surface area contributed by atoms with Gasteiger partial charge in [-0.1, -0.05) is 19.1 Å². The normalized spacial score (nSPS) is 10.9. The number of carbonyl (C=O) groups excluding carboxylic acids is 1. The summed E-state index contributed by atoms with van der Waals surface area (Å²) in [5.74, 6) is 0.443. The fraction of sp³-hybridized carbons (Fsp3) is 0.333. The second-order valence-corrected chi connectivity index (χ2v) is 6.90. The largest absolute Gasteiger partial charge is 0.497 e. The van der Waals surface area contributed by atoms with Gasteiger partial charge in [0.1, 0.15) is 12.3 Å². The maximum Gasteiger partial charge on any atom is 0.294 e. The molecule has 0 unspecified atom stereocenters. The van der Waals surface area contributed by atoms with E-state index in [9.17, 15) is 9.59 Å². The van der Waals surface area contributed by atoms with Gasteiger partial charge in [-0.3, -0.25) is 9.59 Å². The lowest BCUT2D eigenvalue weighted by molar-refractivity contribution is -0.122. The molecule has 0 radical (unpaired) electrons. The van der Waals surface area contributed by atoms with Crippen molar-refractivity contribution in [3.63, 3.8) is 0 Å². The topological polar surface area (TPSA) is 86.1 Å². The molecule has 0 spiro atoms. The summed E-state index contributed by atoms with van der Waals surface area (Å²) in [6.07, 6.45) is 0.763. The Morgan fingerprint density at radius 1 is 1.38 bits per heavy atom. The van der Waals surface area contributed by atoms with Crippen LogP contribution in [0.25, 0.3) is 10.2 Å². The first-order chi connectivity index (χ1) is 12.5. The summed E-state index contributed by atoms with van der Waals surface area (Å²) in [5.41, 5.74) is 1.67. The zero-order chi connectivity index (χ0) is 18.7. The van der Waals surface area contributed by atoms with Gasteiger partial charge < -0.3 is 10.1 Å². The number of fused-ring (bicyclic) bond motifs is 1. The number of nitrogens with zero attached hydrogens (tertiary/aromatic N) is 3. The maximum absolute atomic E-state index is 12.6. The number of methoxy groups -OCH3 is 1.